The third kappa shape index (κ3) is 3.22. The lowest BCUT2D eigenvalue weighted by atomic mass is 9.99. The number of aliphatic hydroxyl groups excluding tert-OH is 1. The number of halogens is 3. The van der Waals surface area contributed by atoms with Crippen molar-refractivity contribution in [1.29, 1.82) is 0 Å². The summed E-state index contributed by atoms with van der Waals surface area (Å²) in [6.45, 7) is 0. The van der Waals surface area contributed by atoms with Crippen LogP contribution in [0, 0.1) is 11.6 Å². The van der Waals surface area contributed by atoms with Crippen molar-refractivity contribution in [2.75, 3.05) is 5.73 Å². The molecule has 0 saturated carbocycles. The molecule has 2 rings (SSSR count). The van der Waals surface area contributed by atoms with Gasteiger partial charge < -0.3 is 10.8 Å². The van der Waals surface area contributed by atoms with E-state index in [9.17, 15) is 13.9 Å². The van der Waals surface area contributed by atoms with E-state index in [0.717, 1.165) is 6.07 Å². The van der Waals surface area contributed by atoms with Crippen molar-refractivity contribution >= 4 is 17.3 Å². The molecule has 0 radical (unpaired) electrons. The minimum atomic E-state index is -1.09. The lowest BCUT2D eigenvalue weighted by Gasteiger charge is -2.14. The third-order valence-electron chi connectivity index (χ3n) is 2.83. The third-order valence-corrected chi connectivity index (χ3v) is 3.06. The Kier molecular flexibility index (Phi) is 4.02. The van der Waals surface area contributed by atoms with Crippen LogP contribution in [-0.4, -0.2) is 5.11 Å². The highest BCUT2D eigenvalue weighted by atomic mass is 35.5. The highest BCUT2D eigenvalue weighted by Crippen LogP contribution is 2.26. The van der Waals surface area contributed by atoms with Gasteiger partial charge in [0.15, 0.2) is 0 Å². The summed E-state index contributed by atoms with van der Waals surface area (Å²) in [6.07, 6.45) is -1.12. The first-order chi connectivity index (χ1) is 8.97. The summed E-state index contributed by atoms with van der Waals surface area (Å²) < 4.78 is 26.7. The van der Waals surface area contributed by atoms with Crippen molar-refractivity contribution in [3.63, 3.8) is 0 Å². The zero-order valence-electron chi connectivity index (χ0n) is 9.91. The van der Waals surface area contributed by atoms with E-state index in [0.29, 0.717) is 5.02 Å². The Morgan fingerprint density at radius 1 is 1.16 bits per heavy atom. The molecular weight excluding hydrogens is 272 g/mol. The number of nitrogens with two attached hydrogens (primary N) is 1. The maximum atomic E-state index is 13.6. The summed E-state index contributed by atoms with van der Waals surface area (Å²) in [7, 11) is 0. The van der Waals surface area contributed by atoms with E-state index in [1.54, 1.807) is 0 Å². The van der Waals surface area contributed by atoms with Crippen LogP contribution in [0.4, 0.5) is 14.5 Å². The van der Waals surface area contributed by atoms with Crippen molar-refractivity contribution in [3.05, 3.63) is 64.2 Å². The average Bonchev–Trinajstić information content (AvgIpc) is 2.36. The zero-order valence-corrected chi connectivity index (χ0v) is 10.7. The highest BCUT2D eigenvalue weighted by molar-refractivity contribution is 6.30. The maximum Gasteiger partial charge on any atom is 0.126 e. The fourth-order valence-corrected chi connectivity index (χ4v) is 2.05. The van der Waals surface area contributed by atoms with Gasteiger partial charge in [0.1, 0.15) is 11.6 Å². The molecule has 0 aliphatic carbocycles. The SMILES string of the molecule is Nc1ccc(F)cc1C(O)Cc1cc(Cl)ccc1F. The standard InChI is InChI=1S/C14H12ClF2NO/c15-9-1-3-12(17)8(5-9)6-14(19)11-7-10(16)2-4-13(11)18/h1-5,7,14,19H,6,18H2. The van der Waals surface area contributed by atoms with Crippen LogP contribution in [0.15, 0.2) is 36.4 Å². The molecule has 100 valence electrons. The van der Waals surface area contributed by atoms with Crippen molar-refractivity contribution < 1.29 is 13.9 Å². The summed E-state index contributed by atoms with van der Waals surface area (Å²) >= 11 is 5.77. The summed E-state index contributed by atoms with van der Waals surface area (Å²) in [5.41, 5.74) is 6.41. The Labute approximate surface area is 114 Å². The molecule has 3 N–H and O–H groups in total. The van der Waals surface area contributed by atoms with Gasteiger partial charge in [-0.1, -0.05) is 11.6 Å². The monoisotopic (exact) mass is 283 g/mol. The van der Waals surface area contributed by atoms with E-state index in [1.165, 1.54) is 30.3 Å². The molecule has 2 aromatic carbocycles. The second-order valence-electron chi connectivity index (χ2n) is 4.23. The van der Waals surface area contributed by atoms with Crippen LogP contribution < -0.4 is 5.73 Å². The van der Waals surface area contributed by atoms with Crippen LogP contribution >= 0.6 is 11.6 Å². The van der Waals surface area contributed by atoms with Gasteiger partial charge in [-0.3, -0.25) is 0 Å². The van der Waals surface area contributed by atoms with E-state index in [4.69, 9.17) is 17.3 Å². The predicted octanol–water partition coefficient (Wildman–Crippen LogP) is 3.48. The van der Waals surface area contributed by atoms with Gasteiger partial charge in [-0.05, 0) is 42.0 Å². The number of rotatable bonds is 3. The van der Waals surface area contributed by atoms with Crippen LogP contribution in [0.1, 0.15) is 17.2 Å². The Morgan fingerprint density at radius 3 is 2.63 bits per heavy atom. The van der Waals surface area contributed by atoms with E-state index in [1.807, 2.05) is 0 Å². The molecule has 0 heterocycles. The Bertz CT molecular complexity index is 604. The van der Waals surface area contributed by atoms with Crippen LogP contribution in [-0.2, 0) is 6.42 Å². The molecular formula is C14H12ClF2NO. The summed E-state index contributed by atoms with van der Waals surface area (Å²) in [4.78, 5) is 0. The first kappa shape index (κ1) is 13.8. The minimum Gasteiger partial charge on any atom is -0.398 e. The number of anilines is 1. The van der Waals surface area contributed by atoms with E-state index in [2.05, 4.69) is 0 Å². The Hall–Kier alpha value is -1.65. The van der Waals surface area contributed by atoms with E-state index >= 15 is 0 Å². The van der Waals surface area contributed by atoms with Crippen LogP contribution in [0.25, 0.3) is 0 Å². The second kappa shape index (κ2) is 5.55. The fourth-order valence-electron chi connectivity index (χ4n) is 1.85. The topological polar surface area (TPSA) is 46.2 Å². The number of hydrogen-bond donors (Lipinski definition) is 2. The van der Waals surface area contributed by atoms with Crippen LogP contribution in [0.5, 0.6) is 0 Å². The van der Waals surface area contributed by atoms with Gasteiger partial charge in [0.05, 0.1) is 6.10 Å². The zero-order chi connectivity index (χ0) is 14.0. The molecule has 0 fully saturated rings. The molecule has 0 spiro atoms. The molecule has 1 atom stereocenters. The lowest BCUT2D eigenvalue weighted by molar-refractivity contribution is 0.177. The number of nitrogen functional groups attached to an aromatic ring is 1. The van der Waals surface area contributed by atoms with Gasteiger partial charge in [0.2, 0.25) is 0 Å². The molecule has 5 heteroatoms. The molecule has 0 amide bonds. The van der Waals surface area contributed by atoms with Crippen molar-refractivity contribution in [1.82, 2.24) is 0 Å². The fraction of sp³-hybridized carbons (Fsp3) is 0.143. The van der Waals surface area contributed by atoms with Gasteiger partial charge >= 0.3 is 0 Å². The minimum absolute atomic E-state index is 0.0277. The Morgan fingerprint density at radius 2 is 1.89 bits per heavy atom. The molecule has 0 bridgehead atoms. The summed E-state index contributed by atoms with van der Waals surface area (Å²) in [5, 5.41) is 10.4. The lowest BCUT2D eigenvalue weighted by Crippen LogP contribution is -2.07. The van der Waals surface area contributed by atoms with Crippen molar-refractivity contribution in [3.8, 4) is 0 Å². The highest BCUT2D eigenvalue weighted by Gasteiger charge is 2.15. The van der Waals surface area contributed by atoms with E-state index in [-0.39, 0.29) is 23.2 Å². The molecule has 0 aliphatic heterocycles. The van der Waals surface area contributed by atoms with Gasteiger partial charge in [-0.15, -0.1) is 0 Å². The van der Waals surface area contributed by atoms with Gasteiger partial charge in [0, 0.05) is 22.7 Å². The normalized spacial score (nSPS) is 12.4. The smallest absolute Gasteiger partial charge is 0.126 e. The number of hydrogen-bond acceptors (Lipinski definition) is 2. The molecule has 19 heavy (non-hydrogen) atoms. The molecule has 0 aromatic heterocycles. The first-order valence-corrected chi connectivity index (χ1v) is 6.02. The molecule has 1 unspecified atom stereocenters. The van der Waals surface area contributed by atoms with Gasteiger partial charge in [-0.2, -0.15) is 0 Å². The Balaban J connectivity index is 2.27. The summed E-state index contributed by atoms with van der Waals surface area (Å²) in [5.74, 6) is -0.978. The van der Waals surface area contributed by atoms with Crippen molar-refractivity contribution in [2.45, 2.75) is 12.5 Å². The molecule has 0 saturated heterocycles. The largest absolute Gasteiger partial charge is 0.398 e. The molecule has 2 nitrogen and oxygen atoms in total. The van der Waals surface area contributed by atoms with Crippen LogP contribution in [0.3, 0.4) is 0 Å². The predicted molar refractivity (Wildman–Crippen MR) is 70.9 cm³/mol. The summed E-state index contributed by atoms with van der Waals surface area (Å²) in [6, 6.07) is 7.77. The number of aliphatic hydroxyl groups is 1. The molecule has 2 aromatic rings. The van der Waals surface area contributed by atoms with Crippen LogP contribution in [0.2, 0.25) is 5.02 Å². The van der Waals surface area contributed by atoms with Gasteiger partial charge in [-0.25, -0.2) is 8.78 Å². The van der Waals surface area contributed by atoms with Gasteiger partial charge in [0.25, 0.3) is 0 Å². The van der Waals surface area contributed by atoms with Crippen molar-refractivity contribution in [2.24, 2.45) is 0 Å². The second-order valence-corrected chi connectivity index (χ2v) is 4.67. The molecule has 0 aliphatic rings. The maximum absolute atomic E-state index is 13.6. The quantitative estimate of drug-likeness (QED) is 0.847. The first-order valence-electron chi connectivity index (χ1n) is 5.64. The average molecular weight is 284 g/mol. The number of benzene rings is 2. The van der Waals surface area contributed by atoms with E-state index < -0.39 is 17.7 Å².